The van der Waals surface area contributed by atoms with Gasteiger partial charge in [-0.15, -0.1) is 0 Å². The zero-order valence-corrected chi connectivity index (χ0v) is 17.2. The van der Waals surface area contributed by atoms with Crippen molar-refractivity contribution in [1.29, 1.82) is 0 Å². The SMILES string of the molecule is Cc1ccc([C@H](C)NC(=O)Cn2cnc3c(cnn3-c3ccccc3)c2=O)cc1C. The predicted molar refractivity (Wildman–Crippen MR) is 116 cm³/mol. The molecule has 4 aromatic rings. The van der Waals surface area contributed by atoms with Gasteiger partial charge in [0.25, 0.3) is 5.56 Å². The number of fused-ring (bicyclic) bond motifs is 1. The molecule has 0 saturated heterocycles. The van der Waals surface area contributed by atoms with Crippen molar-refractivity contribution >= 4 is 16.9 Å². The van der Waals surface area contributed by atoms with Crippen LogP contribution in [-0.4, -0.2) is 25.2 Å². The normalized spacial score (nSPS) is 12.1. The molecule has 0 bridgehead atoms. The van der Waals surface area contributed by atoms with Gasteiger partial charge in [0.2, 0.25) is 5.91 Å². The third-order valence-corrected chi connectivity index (χ3v) is 5.28. The molecule has 0 saturated carbocycles. The van der Waals surface area contributed by atoms with Gasteiger partial charge in [-0.3, -0.25) is 14.2 Å². The largest absolute Gasteiger partial charge is 0.348 e. The molecule has 2 heterocycles. The van der Waals surface area contributed by atoms with Gasteiger partial charge in [-0.2, -0.15) is 5.10 Å². The van der Waals surface area contributed by atoms with E-state index in [9.17, 15) is 9.59 Å². The fraction of sp³-hybridized carbons (Fsp3) is 0.217. The minimum Gasteiger partial charge on any atom is -0.348 e. The number of aromatic nitrogens is 4. The number of amides is 1. The van der Waals surface area contributed by atoms with Gasteiger partial charge in [0.1, 0.15) is 18.3 Å². The lowest BCUT2D eigenvalue weighted by atomic mass is 10.0. The van der Waals surface area contributed by atoms with Crippen LogP contribution in [0.5, 0.6) is 0 Å². The summed E-state index contributed by atoms with van der Waals surface area (Å²) in [5.74, 6) is -0.251. The molecule has 0 aliphatic heterocycles. The number of aryl methyl sites for hydroxylation is 2. The molecule has 2 aromatic carbocycles. The zero-order chi connectivity index (χ0) is 21.3. The van der Waals surface area contributed by atoms with E-state index >= 15 is 0 Å². The van der Waals surface area contributed by atoms with E-state index in [0.29, 0.717) is 11.0 Å². The maximum atomic E-state index is 12.8. The second-order valence-corrected chi connectivity index (χ2v) is 7.44. The Morgan fingerprint density at radius 1 is 1.10 bits per heavy atom. The Balaban J connectivity index is 1.54. The quantitative estimate of drug-likeness (QED) is 0.557. The monoisotopic (exact) mass is 401 g/mol. The third-order valence-electron chi connectivity index (χ3n) is 5.28. The Morgan fingerprint density at radius 3 is 2.60 bits per heavy atom. The molecule has 0 spiro atoms. The summed E-state index contributed by atoms with van der Waals surface area (Å²) < 4.78 is 2.92. The van der Waals surface area contributed by atoms with Crippen LogP contribution >= 0.6 is 0 Å². The third kappa shape index (κ3) is 3.74. The first-order chi connectivity index (χ1) is 14.4. The van der Waals surface area contributed by atoms with Crippen LogP contribution in [0, 0.1) is 13.8 Å². The predicted octanol–water partition coefficient (Wildman–Crippen LogP) is 3.08. The average molecular weight is 401 g/mol. The van der Waals surface area contributed by atoms with Gasteiger partial charge in [-0.25, -0.2) is 9.67 Å². The van der Waals surface area contributed by atoms with Crippen LogP contribution < -0.4 is 10.9 Å². The van der Waals surface area contributed by atoms with Gasteiger partial charge >= 0.3 is 0 Å². The smallest absolute Gasteiger partial charge is 0.264 e. The second kappa shape index (κ2) is 7.94. The summed E-state index contributed by atoms with van der Waals surface area (Å²) >= 11 is 0. The van der Waals surface area contributed by atoms with Crippen molar-refractivity contribution in [3.8, 4) is 5.69 Å². The van der Waals surface area contributed by atoms with E-state index in [1.165, 1.54) is 28.2 Å². The Bertz CT molecular complexity index is 1270. The molecular formula is C23H23N5O2. The van der Waals surface area contributed by atoms with E-state index in [0.717, 1.165) is 11.3 Å². The van der Waals surface area contributed by atoms with Gasteiger partial charge in [-0.05, 0) is 49.6 Å². The van der Waals surface area contributed by atoms with Crippen molar-refractivity contribution in [2.24, 2.45) is 0 Å². The fourth-order valence-electron chi connectivity index (χ4n) is 3.38. The van der Waals surface area contributed by atoms with E-state index in [1.54, 1.807) is 4.68 Å². The maximum absolute atomic E-state index is 12.8. The number of hydrogen-bond acceptors (Lipinski definition) is 4. The van der Waals surface area contributed by atoms with Crippen molar-refractivity contribution in [1.82, 2.24) is 24.6 Å². The first-order valence-electron chi connectivity index (χ1n) is 9.79. The number of carbonyl (C=O) groups excluding carboxylic acids is 1. The highest BCUT2D eigenvalue weighted by Gasteiger charge is 2.15. The number of hydrogen-bond donors (Lipinski definition) is 1. The van der Waals surface area contributed by atoms with Crippen LogP contribution in [-0.2, 0) is 11.3 Å². The lowest BCUT2D eigenvalue weighted by Gasteiger charge is -2.16. The molecule has 30 heavy (non-hydrogen) atoms. The molecule has 0 aliphatic rings. The van der Waals surface area contributed by atoms with Crippen molar-refractivity contribution in [3.05, 3.63) is 88.1 Å². The minimum atomic E-state index is -0.295. The molecular weight excluding hydrogens is 378 g/mol. The van der Waals surface area contributed by atoms with Crippen LogP contribution in [0.4, 0.5) is 0 Å². The van der Waals surface area contributed by atoms with Crippen molar-refractivity contribution in [2.75, 3.05) is 0 Å². The summed E-state index contributed by atoms with van der Waals surface area (Å²) in [6, 6.07) is 15.4. The van der Waals surface area contributed by atoms with Crippen LogP contribution in [0.3, 0.4) is 0 Å². The van der Waals surface area contributed by atoms with Crippen molar-refractivity contribution in [2.45, 2.75) is 33.4 Å². The Morgan fingerprint density at radius 2 is 1.87 bits per heavy atom. The summed E-state index contributed by atoms with van der Waals surface area (Å²) in [6.45, 7) is 5.92. The summed E-state index contributed by atoms with van der Waals surface area (Å²) in [4.78, 5) is 29.8. The zero-order valence-electron chi connectivity index (χ0n) is 17.2. The molecule has 1 amide bonds. The first-order valence-corrected chi connectivity index (χ1v) is 9.79. The van der Waals surface area contributed by atoms with Crippen molar-refractivity contribution in [3.63, 3.8) is 0 Å². The van der Waals surface area contributed by atoms with Crippen molar-refractivity contribution < 1.29 is 4.79 Å². The maximum Gasteiger partial charge on any atom is 0.264 e. The molecule has 7 heteroatoms. The van der Waals surface area contributed by atoms with Gasteiger partial charge in [-0.1, -0.05) is 36.4 Å². The molecule has 2 aromatic heterocycles. The molecule has 7 nitrogen and oxygen atoms in total. The first kappa shape index (κ1) is 19.6. The lowest BCUT2D eigenvalue weighted by Crippen LogP contribution is -2.34. The Hall–Kier alpha value is -3.74. The lowest BCUT2D eigenvalue weighted by molar-refractivity contribution is -0.122. The van der Waals surface area contributed by atoms with Crippen LogP contribution in [0.2, 0.25) is 0 Å². The number of nitrogens with zero attached hydrogens (tertiary/aromatic N) is 4. The van der Waals surface area contributed by atoms with E-state index in [2.05, 4.69) is 28.4 Å². The molecule has 4 rings (SSSR count). The number of rotatable bonds is 5. The molecule has 0 radical (unpaired) electrons. The molecule has 1 N–H and O–H groups in total. The molecule has 0 fully saturated rings. The fourth-order valence-corrected chi connectivity index (χ4v) is 3.38. The molecule has 0 unspecified atom stereocenters. The van der Waals surface area contributed by atoms with Gasteiger partial charge in [0.15, 0.2) is 5.65 Å². The van der Waals surface area contributed by atoms with Crippen LogP contribution in [0.25, 0.3) is 16.7 Å². The highest BCUT2D eigenvalue weighted by Crippen LogP contribution is 2.17. The number of nitrogens with one attached hydrogen (secondary N) is 1. The standard InChI is InChI=1S/C23H23N5O2/c1-15-9-10-18(11-16(15)2)17(3)26-21(29)13-27-14-24-22-20(23(27)30)12-25-28(22)19-7-5-4-6-8-19/h4-12,14,17H,13H2,1-3H3,(H,26,29)/t17-/m0/s1. The Labute approximate surface area is 174 Å². The highest BCUT2D eigenvalue weighted by atomic mass is 16.2. The number of carbonyl (C=O) groups is 1. The summed E-state index contributed by atoms with van der Waals surface area (Å²) in [5.41, 5.74) is 4.39. The van der Waals surface area contributed by atoms with E-state index < -0.39 is 0 Å². The molecule has 1 atom stereocenters. The van der Waals surface area contributed by atoms with Gasteiger partial charge < -0.3 is 5.32 Å². The second-order valence-electron chi connectivity index (χ2n) is 7.44. The van der Waals surface area contributed by atoms with Gasteiger partial charge in [0.05, 0.1) is 17.9 Å². The summed E-state index contributed by atoms with van der Waals surface area (Å²) in [7, 11) is 0. The van der Waals surface area contributed by atoms with E-state index in [1.807, 2.05) is 56.3 Å². The van der Waals surface area contributed by atoms with E-state index in [-0.39, 0.29) is 24.1 Å². The minimum absolute atomic E-state index is 0.104. The van der Waals surface area contributed by atoms with Gasteiger partial charge in [0, 0.05) is 0 Å². The average Bonchev–Trinajstić information content (AvgIpc) is 3.17. The van der Waals surface area contributed by atoms with E-state index in [4.69, 9.17) is 0 Å². The highest BCUT2D eigenvalue weighted by molar-refractivity contribution is 5.78. The molecule has 152 valence electrons. The van der Waals surface area contributed by atoms with Crippen LogP contribution in [0.15, 0.2) is 65.8 Å². The molecule has 0 aliphatic carbocycles. The topological polar surface area (TPSA) is 81.8 Å². The number of benzene rings is 2. The number of para-hydroxylation sites is 1. The summed E-state index contributed by atoms with van der Waals surface area (Å²) in [6.07, 6.45) is 2.88. The summed E-state index contributed by atoms with van der Waals surface area (Å²) in [5, 5.41) is 7.61. The Kier molecular flexibility index (Phi) is 5.18. The van der Waals surface area contributed by atoms with Crippen LogP contribution in [0.1, 0.15) is 29.7 Å².